The third-order valence-corrected chi connectivity index (χ3v) is 3.65. The van der Waals surface area contributed by atoms with Gasteiger partial charge in [0.2, 0.25) is 0 Å². The zero-order valence-corrected chi connectivity index (χ0v) is 9.67. The lowest BCUT2D eigenvalue weighted by atomic mass is 9.94. The fourth-order valence-corrected chi connectivity index (χ4v) is 2.60. The van der Waals surface area contributed by atoms with E-state index in [0.717, 1.165) is 12.0 Å². The average Bonchev–Trinajstić information content (AvgIpc) is 2.56. The first-order chi connectivity index (χ1) is 7.45. The van der Waals surface area contributed by atoms with Crippen molar-refractivity contribution >= 4 is 0 Å². The highest BCUT2D eigenvalue weighted by Gasteiger charge is 2.14. The van der Waals surface area contributed by atoms with Crippen LogP contribution < -0.4 is 10.6 Å². The number of allylic oxidation sites excluding steroid dienone is 2. The SMILES string of the molecule is C1=CCC(CNC2CCCNCC2)CC1. The highest BCUT2D eigenvalue weighted by molar-refractivity contribution is 4.91. The molecule has 2 atom stereocenters. The summed E-state index contributed by atoms with van der Waals surface area (Å²) in [5.74, 6) is 0.895. The molecule has 0 spiro atoms. The predicted octanol–water partition coefficient (Wildman–Crippen LogP) is 2.07. The number of hydrogen-bond acceptors (Lipinski definition) is 2. The molecule has 1 aliphatic carbocycles. The van der Waals surface area contributed by atoms with E-state index in [1.54, 1.807) is 0 Å². The summed E-state index contributed by atoms with van der Waals surface area (Å²) >= 11 is 0. The standard InChI is InChI=1S/C13H24N2/c1-2-5-12(6-3-1)11-15-13-7-4-9-14-10-8-13/h1-2,12-15H,3-11H2. The van der Waals surface area contributed by atoms with Gasteiger partial charge in [-0.05, 0) is 64.1 Å². The molecule has 0 amide bonds. The minimum Gasteiger partial charge on any atom is -0.317 e. The molecule has 0 aromatic carbocycles. The monoisotopic (exact) mass is 208 g/mol. The van der Waals surface area contributed by atoms with Gasteiger partial charge in [0.15, 0.2) is 0 Å². The molecule has 0 bridgehead atoms. The normalized spacial score (nSPS) is 32.5. The molecular weight excluding hydrogens is 184 g/mol. The third-order valence-electron chi connectivity index (χ3n) is 3.65. The van der Waals surface area contributed by atoms with E-state index in [-0.39, 0.29) is 0 Å². The fourth-order valence-electron chi connectivity index (χ4n) is 2.60. The van der Waals surface area contributed by atoms with Crippen LogP contribution in [-0.4, -0.2) is 25.7 Å². The van der Waals surface area contributed by atoms with Gasteiger partial charge in [-0.15, -0.1) is 0 Å². The Hall–Kier alpha value is -0.340. The van der Waals surface area contributed by atoms with E-state index in [1.807, 2.05) is 0 Å². The minimum absolute atomic E-state index is 0.769. The van der Waals surface area contributed by atoms with E-state index < -0.39 is 0 Å². The van der Waals surface area contributed by atoms with Crippen LogP contribution in [0.25, 0.3) is 0 Å². The fraction of sp³-hybridized carbons (Fsp3) is 0.846. The van der Waals surface area contributed by atoms with Crippen molar-refractivity contribution in [1.82, 2.24) is 10.6 Å². The van der Waals surface area contributed by atoms with E-state index in [2.05, 4.69) is 22.8 Å². The Morgan fingerprint density at radius 3 is 3.00 bits per heavy atom. The second-order valence-electron chi connectivity index (χ2n) is 4.94. The second kappa shape index (κ2) is 6.29. The summed E-state index contributed by atoms with van der Waals surface area (Å²) in [6.45, 7) is 3.64. The second-order valence-corrected chi connectivity index (χ2v) is 4.94. The van der Waals surface area contributed by atoms with Gasteiger partial charge in [0.25, 0.3) is 0 Å². The maximum Gasteiger partial charge on any atom is 0.00797 e. The van der Waals surface area contributed by atoms with Crippen molar-refractivity contribution in [2.45, 2.75) is 44.6 Å². The molecule has 2 N–H and O–H groups in total. The largest absolute Gasteiger partial charge is 0.317 e. The molecule has 15 heavy (non-hydrogen) atoms. The molecule has 2 aliphatic rings. The molecule has 0 aromatic heterocycles. The van der Waals surface area contributed by atoms with Crippen molar-refractivity contribution in [2.75, 3.05) is 19.6 Å². The van der Waals surface area contributed by atoms with E-state index in [9.17, 15) is 0 Å². The average molecular weight is 208 g/mol. The molecule has 86 valence electrons. The van der Waals surface area contributed by atoms with Crippen LogP contribution in [0.5, 0.6) is 0 Å². The summed E-state index contributed by atoms with van der Waals surface area (Å²) < 4.78 is 0. The van der Waals surface area contributed by atoms with E-state index in [0.29, 0.717) is 0 Å². The van der Waals surface area contributed by atoms with Gasteiger partial charge < -0.3 is 10.6 Å². The molecule has 1 fully saturated rings. The molecule has 1 aliphatic heterocycles. The number of nitrogens with one attached hydrogen (secondary N) is 2. The molecular formula is C13H24N2. The highest BCUT2D eigenvalue weighted by atomic mass is 14.9. The van der Waals surface area contributed by atoms with Crippen molar-refractivity contribution in [2.24, 2.45) is 5.92 Å². The third kappa shape index (κ3) is 3.96. The Morgan fingerprint density at radius 2 is 2.13 bits per heavy atom. The minimum atomic E-state index is 0.769. The molecule has 1 saturated heterocycles. The summed E-state index contributed by atoms with van der Waals surface area (Å²) in [6, 6.07) is 0.769. The Morgan fingerprint density at radius 1 is 1.13 bits per heavy atom. The van der Waals surface area contributed by atoms with Crippen LogP contribution in [0.4, 0.5) is 0 Å². The lowest BCUT2D eigenvalue weighted by Crippen LogP contribution is -2.34. The van der Waals surface area contributed by atoms with Crippen molar-refractivity contribution in [3.63, 3.8) is 0 Å². The lowest BCUT2D eigenvalue weighted by Gasteiger charge is -2.22. The first-order valence-electron chi connectivity index (χ1n) is 6.54. The zero-order chi connectivity index (χ0) is 10.3. The van der Waals surface area contributed by atoms with Gasteiger partial charge in [0, 0.05) is 6.04 Å². The van der Waals surface area contributed by atoms with Crippen LogP contribution in [0.1, 0.15) is 38.5 Å². The molecule has 2 rings (SSSR count). The summed E-state index contributed by atoms with van der Waals surface area (Å²) in [6.07, 6.45) is 12.6. The quantitative estimate of drug-likeness (QED) is 0.694. The molecule has 0 saturated carbocycles. The lowest BCUT2D eigenvalue weighted by molar-refractivity contribution is 0.385. The summed E-state index contributed by atoms with van der Waals surface area (Å²) in [7, 11) is 0. The van der Waals surface area contributed by atoms with Crippen LogP contribution in [0.2, 0.25) is 0 Å². The van der Waals surface area contributed by atoms with E-state index >= 15 is 0 Å². The Kier molecular flexibility index (Phi) is 4.68. The van der Waals surface area contributed by atoms with Crippen LogP contribution in [-0.2, 0) is 0 Å². The van der Waals surface area contributed by atoms with Crippen LogP contribution in [0, 0.1) is 5.92 Å². The summed E-state index contributed by atoms with van der Waals surface area (Å²) in [5, 5.41) is 7.22. The van der Waals surface area contributed by atoms with Crippen LogP contribution in [0.15, 0.2) is 12.2 Å². The number of rotatable bonds is 3. The topological polar surface area (TPSA) is 24.1 Å². The highest BCUT2D eigenvalue weighted by Crippen LogP contribution is 2.17. The number of hydrogen-bond donors (Lipinski definition) is 2. The van der Waals surface area contributed by atoms with E-state index in [1.165, 1.54) is 58.2 Å². The Balaban J connectivity index is 1.65. The molecule has 2 unspecified atom stereocenters. The van der Waals surface area contributed by atoms with Gasteiger partial charge in [0.1, 0.15) is 0 Å². The van der Waals surface area contributed by atoms with Crippen LogP contribution in [0.3, 0.4) is 0 Å². The van der Waals surface area contributed by atoms with Gasteiger partial charge in [0.05, 0.1) is 0 Å². The van der Waals surface area contributed by atoms with Gasteiger partial charge in [-0.25, -0.2) is 0 Å². The van der Waals surface area contributed by atoms with Gasteiger partial charge in [-0.2, -0.15) is 0 Å². The molecule has 2 heteroatoms. The smallest absolute Gasteiger partial charge is 0.00797 e. The van der Waals surface area contributed by atoms with Crippen molar-refractivity contribution in [3.8, 4) is 0 Å². The molecule has 1 heterocycles. The van der Waals surface area contributed by atoms with Gasteiger partial charge in [-0.3, -0.25) is 0 Å². The van der Waals surface area contributed by atoms with Crippen molar-refractivity contribution in [3.05, 3.63) is 12.2 Å². The first-order valence-corrected chi connectivity index (χ1v) is 6.54. The summed E-state index contributed by atoms with van der Waals surface area (Å²) in [5.41, 5.74) is 0. The predicted molar refractivity (Wildman–Crippen MR) is 65.0 cm³/mol. The molecule has 0 radical (unpaired) electrons. The Labute approximate surface area is 93.5 Å². The van der Waals surface area contributed by atoms with Gasteiger partial charge >= 0.3 is 0 Å². The van der Waals surface area contributed by atoms with Crippen molar-refractivity contribution in [1.29, 1.82) is 0 Å². The maximum absolute atomic E-state index is 3.76. The molecule has 0 aromatic rings. The van der Waals surface area contributed by atoms with Crippen LogP contribution >= 0.6 is 0 Å². The first kappa shape index (κ1) is 11.2. The molecule has 2 nitrogen and oxygen atoms in total. The maximum atomic E-state index is 3.76. The van der Waals surface area contributed by atoms with Crippen molar-refractivity contribution < 1.29 is 0 Å². The van der Waals surface area contributed by atoms with E-state index in [4.69, 9.17) is 0 Å². The zero-order valence-electron chi connectivity index (χ0n) is 9.67. The Bertz CT molecular complexity index is 193. The summed E-state index contributed by atoms with van der Waals surface area (Å²) in [4.78, 5) is 0. The van der Waals surface area contributed by atoms with Gasteiger partial charge in [-0.1, -0.05) is 12.2 Å².